The van der Waals surface area contributed by atoms with Crippen molar-refractivity contribution >= 4 is 25.8 Å². The number of rotatable bonds is 6. The lowest BCUT2D eigenvalue weighted by molar-refractivity contribution is -0.110. The molecule has 0 aliphatic carbocycles. The van der Waals surface area contributed by atoms with E-state index >= 15 is 0 Å². The second-order valence-corrected chi connectivity index (χ2v) is 5.98. The highest BCUT2D eigenvalue weighted by atomic mass is 31.2. The zero-order valence-electron chi connectivity index (χ0n) is 12.4. The first-order valence-electron chi connectivity index (χ1n) is 6.86. The molecular formula is C17H15O6P. The minimum absolute atomic E-state index is 0.00763. The second-order valence-electron chi connectivity index (χ2n) is 4.82. The van der Waals surface area contributed by atoms with Crippen LogP contribution in [-0.4, -0.2) is 20.7 Å². The minimum Gasteiger partial charge on any atom is -0.508 e. The van der Waals surface area contributed by atoms with Crippen molar-refractivity contribution in [2.24, 2.45) is 0 Å². The molecule has 2 rings (SSSR count). The number of phenolic OH excluding ortho intramolecular Hbond substituents is 1. The molecule has 124 valence electrons. The first kappa shape index (κ1) is 17.7. The van der Waals surface area contributed by atoms with Crippen LogP contribution in [0.15, 0.2) is 60.7 Å². The van der Waals surface area contributed by atoms with Crippen LogP contribution in [0.1, 0.15) is 11.1 Å². The van der Waals surface area contributed by atoms with E-state index in [9.17, 15) is 14.5 Å². The summed E-state index contributed by atoms with van der Waals surface area (Å²) in [5, 5.41) is 9.34. The van der Waals surface area contributed by atoms with Gasteiger partial charge in [-0.15, -0.1) is 0 Å². The van der Waals surface area contributed by atoms with E-state index in [0.717, 1.165) is 0 Å². The second kappa shape index (κ2) is 7.75. The fourth-order valence-corrected chi connectivity index (χ4v) is 2.24. The van der Waals surface area contributed by atoms with Gasteiger partial charge in [0.05, 0.1) is 0 Å². The summed E-state index contributed by atoms with van der Waals surface area (Å²) in [7, 11) is -4.62. The molecule has 0 heterocycles. The standard InChI is InChI=1S/C17H15O6P/c18-15(9-7-13-3-1-5-16(19)11-13)10-8-14-4-2-6-17(12-14)23-24(20,21)22/h1-12,19H,(H2,20,21,22). The topological polar surface area (TPSA) is 104 Å². The molecule has 2 aromatic carbocycles. The van der Waals surface area contributed by atoms with Crippen molar-refractivity contribution in [1.29, 1.82) is 0 Å². The van der Waals surface area contributed by atoms with Crippen molar-refractivity contribution in [2.75, 3.05) is 0 Å². The maximum atomic E-state index is 11.8. The lowest BCUT2D eigenvalue weighted by Gasteiger charge is -2.06. The Labute approximate surface area is 138 Å². The molecule has 0 aliphatic heterocycles. The van der Waals surface area contributed by atoms with Gasteiger partial charge in [0.2, 0.25) is 0 Å². The van der Waals surface area contributed by atoms with Gasteiger partial charge in [-0.3, -0.25) is 14.6 Å². The molecule has 0 aliphatic rings. The summed E-state index contributed by atoms with van der Waals surface area (Å²) in [6.07, 6.45) is 5.73. The molecule has 0 fully saturated rings. The van der Waals surface area contributed by atoms with Gasteiger partial charge in [-0.25, -0.2) is 4.57 Å². The van der Waals surface area contributed by atoms with Crippen molar-refractivity contribution in [3.8, 4) is 11.5 Å². The summed E-state index contributed by atoms with van der Waals surface area (Å²) < 4.78 is 15.3. The third-order valence-electron chi connectivity index (χ3n) is 2.83. The van der Waals surface area contributed by atoms with Gasteiger partial charge >= 0.3 is 7.82 Å². The van der Waals surface area contributed by atoms with Crippen LogP contribution < -0.4 is 4.52 Å². The van der Waals surface area contributed by atoms with E-state index in [2.05, 4.69) is 4.52 Å². The SMILES string of the molecule is O=C(C=Cc1cccc(O)c1)C=Cc1cccc(OP(=O)(O)O)c1. The van der Waals surface area contributed by atoms with E-state index in [-0.39, 0.29) is 17.3 Å². The molecular weight excluding hydrogens is 331 g/mol. The largest absolute Gasteiger partial charge is 0.524 e. The van der Waals surface area contributed by atoms with E-state index in [1.165, 1.54) is 42.5 Å². The number of ketones is 1. The van der Waals surface area contributed by atoms with Crippen LogP contribution in [0.5, 0.6) is 11.5 Å². The highest BCUT2D eigenvalue weighted by Crippen LogP contribution is 2.37. The van der Waals surface area contributed by atoms with Crippen LogP contribution in [0.4, 0.5) is 0 Å². The molecule has 0 amide bonds. The number of allylic oxidation sites excluding steroid dienone is 2. The number of aromatic hydroxyl groups is 1. The quantitative estimate of drug-likeness (QED) is 0.548. The van der Waals surface area contributed by atoms with E-state index in [1.54, 1.807) is 30.3 Å². The lowest BCUT2D eigenvalue weighted by Crippen LogP contribution is -1.90. The summed E-state index contributed by atoms with van der Waals surface area (Å²) in [4.78, 5) is 29.3. The average molecular weight is 346 g/mol. The van der Waals surface area contributed by atoms with E-state index in [0.29, 0.717) is 11.1 Å². The number of hydrogen-bond donors (Lipinski definition) is 3. The maximum Gasteiger partial charge on any atom is 0.524 e. The predicted molar refractivity (Wildman–Crippen MR) is 90.3 cm³/mol. The van der Waals surface area contributed by atoms with Crippen LogP contribution in [0, 0.1) is 0 Å². The van der Waals surface area contributed by atoms with Crippen LogP contribution in [-0.2, 0) is 9.36 Å². The normalized spacial score (nSPS) is 11.9. The molecule has 0 atom stereocenters. The number of carbonyl (C=O) groups is 1. The van der Waals surface area contributed by atoms with Gasteiger partial charge < -0.3 is 9.63 Å². The van der Waals surface area contributed by atoms with Gasteiger partial charge in [-0.1, -0.05) is 36.4 Å². The summed E-state index contributed by atoms with van der Waals surface area (Å²) in [6, 6.07) is 12.5. The molecule has 3 N–H and O–H groups in total. The summed E-state index contributed by atoms with van der Waals surface area (Å²) in [5.41, 5.74) is 1.24. The van der Waals surface area contributed by atoms with Crippen molar-refractivity contribution in [3.05, 3.63) is 71.8 Å². The summed E-state index contributed by atoms with van der Waals surface area (Å²) in [5.74, 6) is -0.158. The van der Waals surface area contributed by atoms with Gasteiger partial charge in [-0.2, -0.15) is 0 Å². The molecule has 0 bridgehead atoms. The fraction of sp³-hybridized carbons (Fsp3) is 0. The van der Waals surface area contributed by atoms with E-state index < -0.39 is 7.82 Å². The number of hydrogen-bond acceptors (Lipinski definition) is 4. The first-order chi connectivity index (χ1) is 11.3. The smallest absolute Gasteiger partial charge is 0.508 e. The highest BCUT2D eigenvalue weighted by Gasteiger charge is 2.15. The molecule has 2 aromatic rings. The number of phosphoric ester groups is 1. The van der Waals surface area contributed by atoms with Gasteiger partial charge in [-0.05, 0) is 47.5 Å². The monoisotopic (exact) mass is 346 g/mol. The number of phenols is 1. The van der Waals surface area contributed by atoms with Crippen LogP contribution in [0.3, 0.4) is 0 Å². The van der Waals surface area contributed by atoms with Crippen molar-refractivity contribution in [2.45, 2.75) is 0 Å². The van der Waals surface area contributed by atoms with Gasteiger partial charge in [0.15, 0.2) is 5.78 Å². The third-order valence-corrected chi connectivity index (χ3v) is 3.28. The Balaban J connectivity index is 2.03. The van der Waals surface area contributed by atoms with Crippen molar-refractivity contribution in [3.63, 3.8) is 0 Å². The summed E-state index contributed by atoms with van der Waals surface area (Å²) >= 11 is 0. The number of carbonyl (C=O) groups excluding carboxylic acids is 1. The van der Waals surface area contributed by atoms with E-state index in [1.807, 2.05) is 0 Å². The van der Waals surface area contributed by atoms with Crippen molar-refractivity contribution in [1.82, 2.24) is 0 Å². The molecule has 0 saturated heterocycles. The predicted octanol–water partition coefficient (Wildman–Crippen LogP) is 3.16. The zero-order valence-corrected chi connectivity index (χ0v) is 13.3. The highest BCUT2D eigenvalue weighted by molar-refractivity contribution is 7.46. The lowest BCUT2D eigenvalue weighted by atomic mass is 10.1. The molecule has 0 spiro atoms. The molecule has 7 heteroatoms. The Hall–Kier alpha value is -2.66. The number of benzene rings is 2. The Kier molecular flexibility index (Phi) is 5.71. The Morgan fingerprint density at radius 1 is 0.958 bits per heavy atom. The summed E-state index contributed by atoms with van der Waals surface area (Å²) in [6.45, 7) is 0. The molecule has 24 heavy (non-hydrogen) atoms. The van der Waals surface area contributed by atoms with Gasteiger partial charge in [0.1, 0.15) is 11.5 Å². The molecule has 0 saturated carbocycles. The molecule has 0 aromatic heterocycles. The zero-order chi connectivity index (χ0) is 17.6. The first-order valence-corrected chi connectivity index (χ1v) is 8.39. The van der Waals surface area contributed by atoms with Crippen molar-refractivity contribution < 1.29 is 28.8 Å². The molecule has 0 unspecified atom stereocenters. The van der Waals surface area contributed by atoms with Gasteiger partial charge in [0, 0.05) is 0 Å². The minimum atomic E-state index is -4.62. The Morgan fingerprint density at radius 2 is 1.54 bits per heavy atom. The average Bonchev–Trinajstić information content (AvgIpc) is 2.50. The van der Waals surface area contributed by atoms with E-state index in [4.69, 9.17) is 9.79 Å². The Morgan fingerprint density at radius 3 is 2.12 bits per heavy atom. The van der Waals surface area contributed by atoms with Crippen LogP contribution >= 0.6 is 7.82 Å². The third kappa shape index (κ3) is 6.22. The molecule has 6 nitrogen and oxygen atoms in total. The Bertz CT molecular complexity index is 834. The van der Waals surface area contributed by atoms with Gasteiger partial charge in [0.25, 0.3) is 0 Å². The maximum absolute atomic E-state index is 11.8. The number of phosphoric acid groups is 1. The molecule has 0 radical (unpaired) electrons. The van der Waals surface area contributed by atoms with Crippen LogP contribution in [0.2, 0.25) is 0 Å². The fourth-order valence-electron chi connectivity index (χ4n) is 1.85. The van der Waals surface area contributed by atoms with Crippen LogP contribution in [0.25, 0.3) is 12.2 Å².